The molecule has 0 aromatic heterocycles. The summed E-state index contributed by atoms with van der Waals surface area (Å²) in [7, 11) is 1.53. The van der Waals surface area contributed by atoms with E-state index in [2.05, 4.69) is 5.32 Å². The smallest absolute Gasteiger partial charge is 0.329 e. The summed E-state index contributed by atoms with van der Waals surface area (Å²) < 4.78 is 10.3. The Kier molecular flexibility index (Phi) is 8.00. The van der Waals surface area contributed by atoms with Crippen molar-refractivity contribution in [2.24, 2.45) is 0 Å². The minimum Gasteiger partial charge on any atom is -0.497 e. The van der Waals surface area contributed by atoms with E-state index >= 15 is 0 Å². The quantitative estimate of drug-likeness (QED) is 0.351. The second-order valence-electron chi connectivity index (χ2n) is 6.93. The van der Waals surface area contributed by atoms with Crippen molar-refractivity contribution in [3.05, 3.63) is 95.0 Å². The van der Waals surface area contributed by atoms with Gasteiger partial charge in [0.2, 0.25) is 0 Å². The highest BCUT2D eigenvalue weighted by atomic mass is 35.5. The molecule has 6 nitrogen and oxygen atoms in total. The molecule has 0 saturated heterocycles. The number of anilines is 1. The highest BCUT2D eigenvalue weighted by Crippen LogP contribution is 2.23. The SMILES string of the molecule is COc1ccc(C(=O)COC(=O)[C@@H](CC(=O)c2ccccc2)Nc2ccccc2Cl)cc1. The first-order valence-electron chi connectivity index (χ1n) is 9.91. The highest BCUT2D eigenvalue weighted by Gasteiger charge is 2.25. The molecule has 0 fully saturated rings. The minimum atomic E-state index is -1.02. The Balaban J connectivity index is 1.70. The molecule has 0 heterocycles. The van der Waals surface area contributed by atoms with Crippen LogP contribution >= 0.6 is 11.6 Å². The van der Waals surface area contributed by atoms with E-state index in [1.165, 1.54) is 7.11 Å². The molecule has 32 heavy (non-hydrogen) atoms. The number of ether oxygens (including phenoxy) is 2. The number of para-hydroxylation sites is 1. The van der Waals surface area contributed by atoms with Gasteiger partial charge in [-0.15, -0.1) is 0 Å². The molecular weight excluding hydrogens is 430 g/mol. The Morgan fingerprint density at radius 2 is 1.47 bits per heavy atom. The fourth-order valence-electron chi connectivity index (χ4n) is 2.98. The van der Waals surface area contributed by atoms with Crippen LogP contribution in [0.15, 0.2) is 78.9 Å². The number of carbonyl (C=O) groups is 3. The number of rotatable bonds is 10. The number of hydrogen-bond donors (Lipinski definition) is 1. The average molecular weight is 452 g/mol. The lowest BCUT2D eigenvalue weighted by Crippen LogP contribution is -2.35. The van der Waals surface area contributed by atoms with Crippen molar-refractivity contribution >= 4 is 34.8 Å². The van der Waals surface area contributed by atoms with E-state index < -0.39 is 18.6 Å². The number of nitrogens with one attached hydrogen (secondary N) is 1. The van der Waals surface area contributed by atoms with Crippen LogP contribution in [0.5, 0.6) is 5.75 Å². The van der Waals surface area contributed by atoms with Gasteiger partial charge in [-0.05, 0) is 36.4 Å². The second kappa shape index (κ2) is 11.1. The van der Waals surface area contributed by atoms with E-state index in [4.69, 9.17) is 21.1 Å². The zero-order chi connectivity index (χ0) is 22.9. The molecule has 0 aliphatic rings. The Morgan fingerprint density at radius 1 is 0.844 bits per heavy atom. The van der Waals surface area contributed by atoms with Crippen LogP contribution in [-0.4, -0.2) is 37.3 Å². The number of hydrogen-bond acceptors (Lipinski definition) is 6. The molecule has 3 rings (SSSR count). The molecule has 0 aliphatic carbocycles. The van der Waals surface area contributed by atoms with Crippen molar-refractivity contribution in [2.75, 3.05) is 19.0 Å². The fraction of sp³-hybridized carbons (Fsp3) is 0.160. The number of halogens is 1. The van der Waals surface area contributed by atoms with Crippen LogP contribution in [0.2, 0.25) is 5.02 Å². The van der Waals surface area contributed by atoms with Gasteiger partial charge in [-0.25, -0.2) is 4.79 Å². The van der Waals surface area contributed by atoms with Crippen molar-refractivity contribution in [2.45, 2.75) is 12.5 Å². The largest absolute Gasteiger partial charge is 0.497 e. The van der Waals surface area contributed by atoms with Crippen LogP contribution < -0.4 is 10.1 Å². The van der Waals surface area contributed by atoms with Gasteiger partial charge >= 0.3 is 5.97 Å². The molecule has 0 aliphatic heterocycles. The van der Waals surface area contributed by atoms with Crippen molar-refractivity contribution in [3.63, 3.8) is 0 Å². The number of esters is 1. The molecule has 0 unspecified atom stereocenters. The predicted molar refractivity (Wildman–Crippen MR) is 123 cm³/mol. The highest BCUT2D eigenvalue weighted by molar-refractivity contribution is 6.33. The number of ketones is 2. The van der Waals surface area contributed by atoms with Crippen LogP contribution in [0.3, 0.4) is 0 Å². The van der Waals surface area contributed by atoms with Crippen molar-refractivity contribution in [1.29, 1.82) is 0 Å². The summed E-state index contributed by atoms with van der Waals surface area (Å²) >= 11 is 6.19. The summed E-state index contributed by atoms with van der Waals surface area (Å²) in [6, 6.07) is 21.0. The van der Waals surface area contributed by atoms with Gasteiger partial charge < -0.3 is 14.8 Å². The zero-order valence-electron chi connectivity index (χ0n) is 17.4. The third-order valence-corrected chi connectivity index (χ3v) is 5.06. The van der Waals surface area contributed by atoms with Gasteiger partial charge in [0.15, 0.2) is 18.2 Å². The first-order chi connectivity index (χ1) is 15.5. The number of carbonyl (C=O) groups excluding carboxylic acids is 3. The molecule has 3 aromatic carbocycles. The van der Waals surface area contributed by atoms with Gasteiger partial charge in [-0.2, -0.15) is 0 Å². The van der Waals surface area contributed by atoms with Gasteiger partial charge in [-0.3, -0.25) is 9.59 Å². The third kappa shape index (κ3) is 6.18. The Bertz CT molecular complexity index is 1080. The number of benzene rings is 3. The maximum Gasteiger partial charge on any atom is 0.329 e. The lowest BCUT2D eigenvalue weighted by atomic mass is 10.0. The molecule has 164 valence electrons. The summed E-state index contributed by atoms with van der Waals surface area (Å²) in [5.41, 5.74) is 1.34. The van der Waals surface area contributed by atoms with E-state index in [9.17, 15) is 14.4 Å². The van der Waals surface area contributed by atoms with Gasteiger partial charge in [0.05, 0.1) is 17.8 Å². The Labute approximate surface area is 191 Å². The molecule has 1 atom stereocenters. The summed E-state index contributed by atoms with van der Waals surface area (Å²) in [6.45, 7) is -0.453. The van der Waals surface area contributed by atoms with Crippen molar-refractivity contribution < 1.29 is 23.9 Å². The normalized spacial score (nSPS) is 11.3. The van der Waals surface area contributed by atoms with Crippen LogP contribution in [0.1, 0.15) is 27.1 Å². The van der Waals surface area contributed by atoms with E-state index in [0.717, 1.165) is 0 Å². The monoisotopic (exact) mass is 451 g/mol. The number of Topliss-reactive ketones (excluding diaryl/α,β-unsaturated/α-hetero) is 2. The van der Waals surface area contributed by atoms with Crippen LogP contribution in [0.25, 0.3) is 0 Å². The minimum absolute atomic E-state index is 0.162. The zero-order valence-corrected chi connectivity index (χ0v) is 18.2. The topological polar surface area (TPSA) is 81.7 Å². The van der Waals surface area contributed by atoms with E-state index in [1.807, 2.05) is 0 Å². The molecule has 3 aromatic rings. The average Bonchev–Trinajstić information content (AvgIpc) is 2.83. The molecule has 0 bridgehead atoms. The van der Waals surface area contributed by atoms with Crippen LogP contribution in [-0.2, 0) is 9.53 Å². The predicted octanol–water partition coefficient (Wildman–Crippen LogP) is 4.83. The summed E-state index contributed by atoms with van der Waals surface area (Å²) in [5, 5.41) is 3.37. The molecule has 0 radical (unpaired) electrons. The molecule has 7 heteroatoms. The van der Waals surface area contributed by atoms with Crippen LogP contribution in [0, 0.1) is 0 Å². The first kappa shape index (κ1) is 23.0. The summed E-state index contributed by atoms with van der Waals surface area (Å²) in [5.74, 6) is -0.724. The molecule has 0 amide bonds. The Hall–Kier alpha value is -3.64. The lowest BCUT2D eigenvalue weighted by molar-refractivity contribution is -0.143. The van der Waals surface area contributed by atoms with Gasteiger partial charge in [-0.1, -0.05) is 54.1 Å². The molecule has 0 spiro atoms. The summed E-state index contributed by atoms with van der Waals surface area (Å²) in [6.07, 6.45) is -0.162. The van der Waals surface area contributed by atoms with E-state index in [0.29, 0.717) is 27.6 Å². The fourth-order valence-corrected chi connectivity index (χ4v) is 3.17. The molecular formula is C25H22ClNO5. The molecule has 1 N–H and O–H groups in total. The maximum absolute atomic E-state index is 12.8. The second-order valence-corrected chi connectivity index (χ2v) is 7.34. The van der Waals surface area contributed by atoms with Crippen LogP contribution in [0.4, 0.5) is 5.69 Å². The van der Waals surface area contributed by atoms with Gasteiger partial charge in [0.25, 0.3) is 0 Å². The molecule has 0 saturated carbocycles. The van der Waals surface area contributed by atoms with E-state index in [-0.39, 0.29) is 18.0 Å². The first-order valence-corrected chi connectivity index (χ1v) is 10.3. The third-order valence-electron chi connectivity index (χ3n) is 4.73. The van der Waals surface area contributed by atoms with Gasteiger partial charge in [0.1, 0.15) is 11.8 Å². The van der Waals surface area contributed by atoms with E-state index in [1.54, 1.807) is 78.9 Å². The van der Waals surface area contributed by atoms with Gasteiger partial charge in [0, 0.05) is 17.5 Å². The summed E-state index contributed by atoms with van der Waals surface area (Å²) in [4.78, 5) is 37.9. The van der Waals surface area contributed by atoms with Crippen molar-refractivity contribution in [1.82, 2.24) is 0 Å². The van der Waals surface area contributed by atoms with Crippen molar-refractivity contribution in [3.8, 4) is 5.75 Å². The Morgan fingerprint density at radius 3 is 2.12 bits per heavy atom. The number of methoxy groups -OCH3 is 1. The maximum atomic E-state index is 12.8. The lowest BCUT2D eigenvalue weighted by Gasteiger charge is -2.19. The standard InChI is InChI=1S/C25H22ClNO5/c1-31-19-13-11-18(12-14-19)24(29)16-32-25(30)22(27-21-10-6-5-9-20(21)26)15-23(28)17-7-3-2-4-8-17/h2-14,22,27H,15-16H2,1H3/t22-/m1/s1.